The summed E-state index contributed by atoms with van der Waals surface area (Å²) < 4.78 is 5.40. The molecule has 5 rings (SSSR count). The van der Waals surface area contributed by atoms with Crippen molar-refractivity contribution in [2.75, 3.05) is 13.7 Å². The number of pyridine rings is 1. The van der Waals surface area contributed by atoms with Gasteiger partial charge in [-0.3, -0.25) is 4.79 Å². The van der Waals surface area contributed by atoms with Gasteiger partial charge in [-0.25, -0.2) is 4.98 Å². The Kier molecular flexibility index (Phi) is 7.27. The number of benzene rings is 4. The van der Waals surface area contributed by atoms with Crippen molar-refractivity contribution in [3.8, 4) is 17.0 Å². The van der Waals surface area contributed by atoms with Gasteiger partial charge in [0.15, 0.2) is 0 Å². The fourth-order valence-corrected chi connectivity index (χ4v) is 4.78. The quantitative estimate of drug-likeness (QED) is 0.253. The summed E-state index contributed by atoms with van der Waals surface area (Å²) in [6.45, 7) is 2.58. The second kappa shape index (κ2) is 11.1. The number of nitrogens with zero attached hydrogens (tertiary/aromatic N) is 1. The third-order valence-corrected chi connectivity index (χ3v) is 6.70. The Hall–Kier alpha value is -4.44. The Labute approximate surface area is 218 Å². The molecular weight excluding hydrogens is 456 g/mol. The van der Waals surface area contributed by atoms with E-state index in [2.05, 4.69) is 53.8 Å². The lowest BCUT2D eigenvalue weighted by molar-refractivity contribution is 0.0954. The van der Waals surface area contributed by atoms with Crippen LogP contribution in [0.3, 0.4) is 0 Å². The molecule has 1 N–H and O–H groups in total. The molecule has 0 atom stereocenters. The topological polar surface area (TPSA) is 51.2 Å². The van der Waals surface area contributed by atoms with E-state index in [0.717, 1.165) is 39.9 Å². The molecule has 1 heterocycles. The van der Waals surface area contributed by atoms with E-state index in [0.29, 0.717) is 12.1 Å². The van der Waals surface area contributed by atoms with Gasteiger partial charge >= 0.3 is 0 Å². The first-order chi connectivity index (χ1) is 18.1. The van der Waals surface area contributed by atoms with E-state index in [1.54, 1.807) is 7.11 Å². The molecule has 5 aromatic rings. The van der Waals surface area contributed by atoms with Gasteiger partial charge in [-0.15, -0.1) is 0 Å². The predicted molar refractivity (Wildman–Crippen MR) is 150 cm³/mol. The second-order valence-electron chi connectivity index (χ2n) is 9.23. The molecule has 4 nitrogen and oxygen atoms in total. The molecule has 0 fully saturated rings. The molecule has 0 bridgehead atoms. The normalized spacial score (nSPS) is 11.0. The van der Waals surface area contributed by atoms with Gasteiger partial charge in [0.25, 0.3) is 5.91 Å². The summed E-state index contributed by atoms with van der Waals surface area (Å²) >= 11 is 0. The monoisotopic (exact) mass is 486 g/mol. The number of amides is 1. The number of aryl methyl sites for hydroxylation is 1. The molecule has 37 heavy (non-hydrogen) atoms. The van der Waals surface area contributed by atoms with Gasteiger partial charge in [0, 0.05) is 23.4 Å². The SMILES string of the molecule is COc1cccc(-c2cc(C(=O)NCCC(c3ccccc3)c3ccccc3)c3cc(C)ccc3n2)c1. The van der Waals surface area contributed by atoms with E-state index < -0.39 is 0 Å². The molecule has 0 aliphatic rings. The van der Waals surface area contributed by atoms with Crippen LogP contribution in [0.5, 0.6) is 5.75 Å². The average Bonchev–Trinajstić information content (AvgIpc) is 2.95. The Balaban J connectivity index is 1.43. The second-order valence-corrected chi connectivity index (χ2v) is 9.23. The Bertz CT molecular complexity index is 1470. The summed E-state index contributed by atoms with van der Waals surface area (Å²) in [6.07, 6.45) is 0.796. The number of hydrogen-bond acceptors (Lipinski definition) is 3. The zero-order valence-corrected chi connectivity index (χ0v) is 21.1. The van der Waals surface area contributed by atoms with Gasteiger partial charge in [-0.1, -0.05) is 84.4 Å². The minimum absolute atomic E-state index is 0.0954. The molecule has 0 spiro atoms. The molecule has 0 saturated heterocycles. The van der Waals surface area contributed by atoms with Gasteiger partial charge < -0.3 is 10.1 Å². The Morgan fingerprint density at radius 1 is 0.838 bits per heavy atom. The van der Waals surface area contributed by atoms with Crippen molar-refractivity contribution in [3.05, 3.63) is 131 Å². The number of fused-ring (bicyclic) bond motifs is 1. The van der Waals surface area contributed by atoms with Crippen LogP contribution in [0.1, 0.15) is 39.4 Å². The van der Waals surface area contributed by atoms with Gasteiger partial charge in [0.05, 0.1) is 23.9 Å². The zero-order chi connectivity index (χ0) is 25.6. The van der Waals surface area contributed by atoms with Crippen molar-refractivity contribution < 1.29 is 9.53 Å². The summed E-state index contributed by atoms with van der Waals surface area (Å²) in [7, 11) is 1.65. The smallest absolute Gasteiger partial charge is 0.252 e. The first-order valence-corrected chi connectivity index (χ1v) is 12.6. The number of rotatable bonds is 8. The van der Waals surface area contributed by atoms with Crippen LogP contribution in [0, 0.1) is 6.92 Å². The molecule has 4 heteroatoms. The van der Waals surface area contributed by atoms with Crippen LogP contribution in [0.4, 0.5) is 0 Å². The van der Waals surface area contributed by atoms with Crippen molar-refractivity contribution in [2.45, 2.75) is 19.3 Å². The minimum atomic E-state index is -0.0954. The highest BCUT2D eigenvalue weighted by Crippen LogP contribution is 2.29. The summed E-state index contributed by atoms with van der Waals surface area (Å²) in [5, 5.41) is 4.04. The molecule has 0 saturated carbocycles. The summed E-state index contributed by atoms with van der Waals surface area (Å²) in [5.74, 6) is 0.857. The van der Waals surface area contributed by atoms with Crippen molar-refractivity contribution in [1.29, 1.82) is 0 Å². The summed E-state index contributed by atoms with van der Waals surface area (Å²) in [4.78, 5) is 18.4. The van der Waals surface area contributed by atoms with Crippen LogP contribution in [-0.2, 0) is 0 Å². The van der Waals surface area contributed by atoms with E-state index >= 15 is 0 Å². The molecule has 1 amide bonds. The van der Waals surface area contributed by atoms with Crippen LogP contribution in [0.25, 0.3) is 22.2 Å². The highest BCUT2D eigenvalue weighted by atomic mass is 16.5. The van der Waals surface area contributed by atoms with E-state index in [-0.39, 0.29) is 11.8 Å². The van der Waals surface area contributed by atoms with Gasteiger partial charge in [-0.05, 0) is 54.8 Å². The lowest BCUT2D eigenvalue weighted by Gasteiger charge is -2.19. The minimum Gasteiger partial charge on any atom is -0.497 e. The Morgan fingerprint density at radius 3 is 2.22 bits per heavy atom. The number of hydrogen-bond donors (Lipinski definition) is 1. The number of ether oxygens (including phenoxy) is 1. The van der Waals surface area contributed by atoms with E-state index in [1.165, 1.54) is 11.1 Å². The lowest BCUT2D eigenvalue weighted by Crippen LogP contribution is -2.26. The summed E-state index contributed by atoms with van der Waals surface area (Å²) in [6, 6.07) is 36.6. The maximum absolute atomic E-state index is 13.6. The zero-order valence-electron chi connectivity index (χ0n) is 21.1. The highest BCUT2D eigenvalue weighted by Gasteiger charge is 2.17. The van der Waals surface area contributed by atoms with Crippen LogP contribution in [0.2, 0.25) is 0 Å². The van der Waals surface area contributed by atoms with Crippen LogP contribution >= 0.6 is 0 Å². The van der Waals surface area contributed by atoms with E-state index in [4.69, 9.17) is 9.72 Å². The number of carbonyl (C=O) groups excluding carboxylic acids is 1. The molecular formula is C33H30N2O2. The Morgan fingerprint density at radius 2 is 1.54 bits per heavy atom. The number of carbonyl (C=O) groups is 1. The third kappa shape index (κ3) is 5.54. The van der Waals surface area contributed by atoms with Crippen LogP contribution in [-0.4, -0.2) is 24.5 Å². The standard InChI is InChI=1S/C33H30N2O2/c1-23-16-17-31-29(20-23)30(22-32(35-31)26-14-9-15-27(21-26)37-2)33(36)34-19-18-28(24-10-5-3-6-11-24)25-12-7-4-8-13-25/h3-17,20-22,28H,18-19H2,1-2H3,(H,34,36). The largest absolute Gasteiger partial charge is 0.497 e. The summed E-state index contributed by atoms with van der Waals surface area (Å²) in [5.41, 5.74) is 6.65. The van der Waals surface area contributed by atoms with Crippen molar-refractivity contribution in [1.82, 2.24) is 10.3 Å². The predicted octanol–water partition coefficient (Wildman–Crippen LogP) is 7.17. The van der Waals surface area contributed by atoms with Gasteiger partial charge in [-0.2, -0.15) is 0 Å². The molecule has 0 radical (unpaired) electrons. The molecule has 1 aromatic heterocycles. The molecule has 0 aliphatic heterocycles. The fourth-order valence-electron chi connectivity index (χ4n) is 4.78. The van der Waals surface area contributed by atoms with Gasteiger partial charge in [0.1, 0.15) is 5.75 Å². The van der Waals surface area contributed by atoms with E-state index in [1.807, 2.05) is 67.6 Å². The van der Waals surface area contributed by atoms with Crippen molar-refractivity contribution in [3.63, 3.8) is 0 Å². The molecule has 184 valence electrons. The maximum Gasteiger partial charge on any atom is 0.252 e. The molecule has 4 aromatic carbocycles. The van der Waals surface area contributed by atoms with Gasteiger partial charge in [0.2, 0.25) is 0 Å². The van der Waals surface area contributed by atoms with Crippen molar-refractivity contribution >= 4 is 16.8 Å². The first kappa shape index (κ1) is 24.3. The average molecular weight is 487 g/mol. The van der Waals surface area contributed by atoms with Crippen molar-refractivity contribution in [2.24, 2.45) is 0 Å². The number of methoxy groups -OCH3 is 1. The molecule has 0 unspecified atom stereocenters. The van der Waals surface area contributed by atoms with Crippen LogP contribution in [0.15, 0.2) is 109 Å². The highest BCUT2D eigenvalue weighted by molar-refractivity contribution is 6.07. The molecule has 0 aliphatic carbocycles. The maximum atomic E-state index is 13.6. The number of nitrogens with one attached hydrogen (secondary N) is 1. The van der Waals surface area contributed by atoms with E-state index in [9.17, 15) is 4.79 Å². The third-order valence-electron chi connectivity index (χ3n) is 6.70. The lowest BCUT2D eigenvalue weighted by atomic mass is 9.88. The first-order valence-electron chi connectivity index (χ1n) is 12.6. The van der Waals surface area contributed by atoms with Crippen LogP contribution < -0.4 is 10.1 Å². The number of aromatic nitrogens is 1. The fraction of sp³-hybridized carbons (Fsp3) is 0.152.